The zero-order valence-corrected chi connectivity index (χ0v) is 22.8. The summed E-state index contributed by atoms with van der Waals surface area (Å²) in [6, 6.07) is 13.3. The number of likely N-dealkylation sites (N-methyl/N-ethyl adjacent to an activating group) is 1. The minimum atomic E-state index is -0.238. The van der Waals surface area contributed by atoms with E-state index in [1.54, 1.807) is 4.90 Å². The van der Waals surface area contributed by atoms with Gasteiger partial charge in [0.2, 0.25) is 0 Å². The van der Waals surface area contributed by atoms with Gasteiger partial charge in [-0.2, -0.15) is 0 Å². The van der Waals surface area contributed by atoms with Crippen molar-refractivity contribution in [2.75, 3.05) is 46.3 Å². The Kier molecular flexibility index (Phi) is 8.80. The maximum Gasteiger partial charge on any atom is 0.253 e. The maximum absolute atomic E-state index is 13.6. The zero-order valence-electron chi connectivity index (χ0n) is 19.6. The van der Waals surface area contributed by atoms with Crippen LogP contribution in [0.15, 0.2) is 51.4 Å². The summed E-state index contributed by atoms with van der Waals surface area (Å²) in [6.45, 7) is 5.94. The van der Waals surface area contributed by atoms with Gasteiger partial charge in [-0.25, -0.2) is 4.39 Å². The van der Waals surface area contributed by atoms with Crippen molar-refractivity contribution in [1.82, 2.24) is 14.7 Å². The fraction of sp³-hybridized carbons (Fsp3) is 0.500. The molecule has 2 aliphatic rings. The lowest BCUT2D eigenvalue weighted by atomic mass is 9.93. The zero-order chi connectivity index (χ0) is 24.2. The lowest BCUT2D eigenvalue weighted by Gasteiger charge is -2.47. The number of likely N-dealkylation sites (tertiary alicyclic amines) is 2. The van der Waals surface area contributed by atoms with E-state index < -0.39 is 0 Å². The van der Waals surface area contributed by atoms with Crippen LogP contribution in [-0.4, -0.2) is 79.0 Å². The van der Waals surface area contributed by atoms with Gasteiger partial charge in [0.15, 0.2) is 0 Å². The molecule has 2 aromatic rings. The first-order valence-electron chi connectivity index (χ1n) is 12.0. The first kappa shape index (κ1) is 25.8. The molecule has 34 heavy (non-hydrogen) atoms. The molecule has 2 N–H and O–H groups in total. The first-order valence-corrected chi connectivity index (χ1v) is 13.6. The minimum Gasteiger partial charge on any atom is -0.341 e. The second-order valence-electron chi connectivity index (χ2n) is 9.67. The number of hydrogen-bond acceptors (Lipinski definition) is 4. The monoisotopic (exact) mass is 594 g/mol. The minimum absolute atomic E-state index is 0.0265. The summed E-state index contributed by atoms with van der Waals surface area (Å²) in [5, 5.41) is 0. The van der Waals surface area contributed by atoms with Crippen molar-refractivity contribution >= 4 is 37.8 Å². The molecule has 0 unspecified atom stereocenters. The second kappa shape index (κ2) is 11.6. The first-order chi connectivity index (χ1) is 16.3. The molecule has 2 aromatic carbocycles. The molecule has 2 fully saturated rings. The molecule has 5 nitrogen and oxygen atoms in total. The number of piperidine rings is 1. The number of carbonyl (C=O) groups is 1. The fourth-order valence-corrected chi connectivity index (χ4v) is 6.28. The van der Waals surface area contributed by atoms with Crippen LogP contribution in [-0.2, 0) is 0 Å². The van der Waals surface area contributed by atoms with E-state index >= 15 is 0 Å². The van der Waals surface area contributed by atoms with Gasteiger partial charge in [-0.1, -0.05) is 44.0 Å². The molecular formula is C26H33Br2FN4O. The predicted octanol–water partition coefficient (Wildman–Crippen LogP) is 4.70. The van der Waals surface area contributed by atoms with Crippen molar-refractivity contribution in [2.24, 2.45) is 5.73 Å². The molecule has 0 bridgehead atoms. The summed E-state index contributed by atoms with van der Waals surface area (Å²) >= 11 is 6.93. The number of rotatable bonds is 8. The van der Waals surface area contributed by atoms with E-state index in [2.05, 4.69) is 41.7 Å². The molecule has 8 heteroatoms. The third-order valence-corrected chi connectivity index (χ3v) is 8.03. The van der Waals surface area contributed by atoms with Gasteiger partial charge in [0.05, 0.1) is 0 Å². The van der Waals surface area contributed by atoms with Gasteiger partial charge in [0.1, 0.15) is 5.82 Å². The number of hydrogen-bond donors (Lipinski definition) is 1. The summed E-state index contributed by atoms with van der Waals surface area (Å²) < 4.78 is 15.3. The van der Waals surface area contributed by atoms with E-state index in [-0.39, 0.29) is 17.6 Å². The normalized spacial score (nSPS) is 19.1. The summed E-state index contributed by atoms with van der Waals surface area (Å²) in [6.07, 6.45) is 3.11. The summed E-state index contributed by atoms with van der Waals surface area (Å²) in [4.78, 5) is 20.0. The van der Waals surface area contributed by atoms with E-state index in [1.165, 1.54) is 12.1 Å². The number of nitrogens with zero attached hydrogens (tertiary/aromatic N) is 3. The van der Waals surface area contributed by atoms with Gasteiger partial charge < -0.3 is 15.5 Å². The van der Waals surface area contributed by atoms with Crippen LogP contribution in [0.1, 0.15) is 41.1 Å². The molecule has 0 saturated carbocycles. The highest BCUT2D eigenvalue weighted by atomic mass is 79.9. The van der Waals surface area contributed by atoms with E-state index in [9.17, 15) is 9.18 Å². The number of benzene rings is 2. The van der Waals surface area contributed by atoms with Gasteiger partial charge in [0.25, 0.3) is 5.91 Å². The fourth-order valence-electron chi connectivity index (χ4n) is 4.99. The molecule has 1 amide bonds. The Balaban J connectivity index is 1.36. The predicted molar refractivity (Wildman–Crippen MR) is 142 cm³/mol. The van der Waals surface area contributed by atoms with Crippen molar-refractivity contribution in [1.29, 1.82) is 0 Å². The van der Waals surface area contributed by atoms with Gasteiger partial charge in [-0.05, 0) is 61.7 Å². The lowest BCUT2D eigenvalue weighted by Crippen LogP contribution is -2.61. The van der Waals surface area contributed by atoms with Crippen LogP contribution < -0.4 is 5.73 Å². The quantitative estimate of drug-likeness (QED) is 0.480. The molecular weight excluding hydrogens is 563 g/mol. The van der Waals surface area contributed by atoms with Crippen LogP contribution in [0.4, 0.5) is 4.39 Å². The molecule has 0 aliphatic carbocycles. The number of carbonyl (C=O) groups excluding carboxylic acids is 1. The van der Waals surface area contributed by atoms with Crippen LogP contribution >= 0.6 is 31.9 Å². The Labute approximate surface area is 218 Å². The van der Waals surface area contributed by atoms with Gasteiger partial charge in [0, 0.05) is 72.3 Å². The Morgan fingerprint density at radius 2 is 1.74 bits per heavy atom. The Morgan fingerprint density at radius 3 is 2.35 bits per heavy atom. The number of amides is 1. The van der Waals surface area contributed by atoms with E-state index in [4.69, 9.17) is 5.73 Å². The molecule has 1 atom stereocenters. The van der Waals surface area contributed by atoms with Crippen molar-refractivity contribution in [3.05, 3.63) is 68.4 Å². The molecule has 2 aliphatic heterocycles. The summed E-state index contributed by atoms with van der Waals surface area (Å²) in [5.41, 5.74) is 7.75. The molecule has 0 radical (unpaired) electrons. The van der Waals surface area contributed by atoms with E-state index in [0.717, 1.165) is 66.5 Å². The Morgan fingerprint density at radius 1 is 1.12 bits per heavy atom. The van der Waals surface area contributed by atoms with Gasteiger partial charge in [-0.3, -0.25) is 9.69 Å². The SMILES string of the molecule is CN(C[C@@H](CCN1CC(N2CCC(N)CC2)C1)c1ccc(F)cc1)C(=O)c1cc(Br)cc(Br)c1. The van der Waals surface area contributed by atoms with Crippen LogP contribution in [0.5, 0.6) is 0 Å². The second-order valence-corrected chi connectivity index (χ2v) is 11.5. The average molecular weight is 596 g/mol. The number of nitrogens with two attached hydrogens (primary N) is 1. The highest BCUT2D eigenvalue weighted by Gasteiger charge is 2.33. The largest absolute Gasteiger partial charge is 0.341 e. The van der Waals surface area contributed by atoms with Crippen molar-refractivity contribution in [3.63, 3.8) is 0 Å². The smallest absolute Gasteiger partial charge is 0.253 e. The van der Waals surface area contributed by atoms with Gasteiger partial charge >= 0.3 is 0 Å². The lowest BCUT2D eigenvalue weighted by molar-refractivity contribution is 0.0188. The third kappa shape index (κ3) is 6.66. The molecule has 2 heterocycles. The molecule has 2 saturated heterocycles. The highest BCUT2D eigenvalue weighted by Crippen LogP contribution is 2.26. The molecule has 0 aromatic heterocycles. The summed E-state index contributed by atoms with van der Waals surface area (Å²) in [5.74, 6) is -0.128. The average Bonchev–Trinajstić information content (AvgIpc) is 2.77. The van der Waals surface area contributed by atoms with E-state index in [0.29, 0.717) is 24.2 Å². The summed E-state index contributed by atoms with van der Waals surface area (Å²) in [7, 11) is 1.84. The number of halogens is 3. The van der Waals surface area contributed by atoms with Crippen LogP contribution in [0.2, 0.25) is 0 Å². The third-order valence-electron chi connectivity index (χ3n) is 7.11. The van der Waals surface area contributed by atoms with Crippen molar-refractivity contribution in [3.8, 4) is 0 Å². The molecule has 184 valence electrons. The highest BCUT2D eigenvalue weighted by molar-refractivity contribution is 9.11. The van der Waals surface area contributed by atoms with E-state index in [1.807, 2.05) is 37.4 Å². The van der Waals surface area contributed by atoms with Crippen molar-refractivity contribution in [2.45, 2.75) is 37.3 Å². The van der Waals surface area contributed by atoms with Crippen molar-refractivity contribution < 1.29 is 9.18 Å². The van der Waals surface area contributed by atoms with Crippen LogP contribution in [0.3, 0.4) is 0 Å². The molecule has 0 spiro atoms. The Hall–Kier alpha value is -1.32. The van der Waals surface area contributed by atoms with Crippen LogP contribution in [0, 0.1) is 5.82 Å². The van der Waals surface area contributed by atoms with Crippen LogP contribution in [0.25, 0.3) is 0 Å². The topological polar surface area (TPSA) is 52.8 Å². The molecule has 4 rings (SSSR count). The van der Waals surface area contributed by atoms with Gasteiger partial charge in [-0.15, -0.1) is 0 Å². The Bertz CT molecular complexity index is 955. The standard InChI is InChI=1S/C26H33Br2FN4O/c1-31(26(34)20-12-21(27)14-22(28)13-20)15-19(18-2-4-23(29)5-3-18)6-9-32-16-25(17-32)33-10-7-24(30)8-11-33/h2-5,12-14,19,24-25H,6-11,15-17,30H2,1H3/t19-/m1/s1. The maximum atomic E-state index is 13.6.